The third-order valence-electron chi connectivity index (χ3n) is 6.35. The topological polar surface area (TPSA) is 109 Å². The minimum absolute atomic E-state index is 0.0158. The number of ether oxygens (including phenoxy) is 2. The van der Waals surface area contributed by atoms with Crippen LogP contribution in [0, 0.1) is 5.21 Å². The first-order chi connectivity index (χ1) is 17.7. The van der Waals surface area contributed by atoms with Gasteiger partial charge in [0.2, 0.25) is 0 Å². The third-order valence-corrected chi connectivity index (χ3v) is 9.81. The van der Waals surface area contributed by atoms with Crippen molar-refractivity contribution in [1.82, 2.24) is 14.5 Å². The van der Waals surface area contributed by atoms with Crippen LogP contribution >= 0.6 is 11.3 Å². The average molecular weight is 554 g/mol. The summed E-state index contributed by atoms with van der Waals surface area (Å²) in [4.78, 5) is 18.8. The Morgan fingerprint density at radius 1 is 1.14 bits per heavy atom. The van der Waals surface area contributed by atoms with Gasteiger partial charge in [0.25, 0.3) is 11.4 Å². The van der Waals surface area contributed by atoms with E-state index < -0.39 is 26.7 Å². The number of hydroxylamine groups is 2. The van der Waals surface area contributed by atoms with Crippen molar-refractivity contribution in [1.29, 1.82) is 0 Å². The fourth-order valence-electron chi connectivity index (χ4n) is 4.11. The molecule has 1 aromatic carbocycles. The lowest BCUT2D eigenvalue weighted by Gasteiger charge is -2.38. The number of benzene rings is 1. The Hall–Kier alpha value is -2.05. The van der Waals surface area contributed by atoms with Crippen LogP contribution in [0.4, 0.5) is 5.13 Å². The molecule has 37 heavy (non-hydrogen) atoms. The van der Waals surface area contributed by atoms with Crippen molar-refractivity contribution >= 4 is 32.3 Å². The lowest BCUT2D eigenvalue weighted by atomic mass is 10.1. The Labute approximate surface area is 224 Å². The Bertz CT molecular complexity index is 1110. The van der Waals surface area contributed by atoms with Gasteiger partial charge in [-0.25, -0.2) is 18.1 Å². The maximum Gasteiger partial charge on any atom is 0.348 e. The van der Waals surface area contributed by atoms with Gasteiger partial charge in [0.15, 0.2) is 16.4 Å². The number of quaternary nitrogens is 1. The molecule has 0 saturated carbocycles. The first-order valence-corrected chi connectivity index (χ1v) is 15.6. The minimum atomic E-state index is -3.51. The molecule has 1 aromatic heterocycles. The molecular weight excluding hydrogens is 514 g/mol. The van der Waals surface area contributed by atoms with E-state index in [0.717, 1.165) is 49.9 Å². The predicted octanol–water partition coefficient (Wildman–Crippen LogP) is 4.89. The molecule has 1 aliphatic rings. The molecule has 1 fully saturated rings. The second kappa shape index (κ2) is 13.7. The summed E-state index contributed by atoms with van der Waals surface area (Å²) in [6.07, 6.45) is 6.58. The lowest BCUT2D eigenvalue weighted by molar-refractivity contribution is -0.155. The molecule has 11 heteroatoms. The van der Waals surface area contributed by atoms with E-state index in [9.17, 15) is 18.4 Å². The Morgan fingerprint density at radius 2 is 1.84 bits per heavy atom. The zero-order valence-electron chi connectivity index (χ0n) is 22.1. The zero-order valence-corrected chi connectivity index (χ0v) is 23.7. The van der Waals surface area contributed by atoms with E-state index in [1.165, 1.54) is 11.8 Å². The van der Waals surface area contributed by atoms with Crippen molar-refractivity contribution in [2.75, 3.05) is 32.1 Å². The fourth-order valence-corrected chi connectivity index (χ4v) is 6.90. The molecule has 0 aliphatic carbocycles. The number of sulfone groups is 1. The molecule has 2 heterocycles. The van der Waals surface area contributed by atoms with Crippen LogP contribution in [-0.2, 0) is 25.8 Å². The highest BCUT2D eigenvalue weighted by molar-refractivity contribution is 7.93. The van der Waals surface area contributed by atoms with Gasteiger partial charge in [-0.05, 0) is 54.7 Å². The van der Waals surface area contributed by atoms with Gasteiger partial charge in [-0.3, -0.25) is 4.65 Å². The van der Waals surface area contributed by atoms with E-state index in [0.29, 0.717) is 18.7 Å². The molecule has 2 aromatic rings. The number of esters is 1. The van der Waals surface area contributed by atoms with Crippen molar-refractivity contribution in [3.63, 3.8) is 0 Å². The summed E-state index contributed by atoms with van der Waals surface area (Å²) in [6, 6.07) is 7.61. The second-order valence-corrected chi connectivity index (χ2v) is 12.8. The largest absolute Gasteiger partial charge is 0.622 e. The first kappa shape index (κ1) is 29.5. The van der Waals surface area contributed by atoms with E-state index in [1.807, 2.05) is 36.1 Å². The summed E-state index contributed by atoms with van der Waals surface area (Å²) in [5, 5.41) is 14.1. The summed E-state index contributed by atoms with van der Waals surface area (Å²) in [7, 11) is -3.51. The lowest BCUT2D eigenvalue weighted by Crippen LogP contribution is -2.51. The fraction of sp³-hybridized carbons (Fsp3) is 0.615. The maximum atomic E-state index is 14.0. The molecule has 0 spiro atoms. The monoisotopic (exact) mass is 553 g/mol. The molecule has 0 N–H and O–H groups in total. The van der Waals surface area contributed by atoms with Crippen molar-refractivity contribution in [2.24, 2.45) is 0 Å². The molecular formula is C26H39N3O6S2. The van der Waals surface area contributed by atoms with Gasteiger partial charge in [0.05, 0.1) is 18.5 Å². The number of carbonyl (C=O) groups excluding carboxylic acids is 1. The molecule has 0 radical (unpaired) electrons. The van der Waals surface area contributed by atoms with E-state index in [1.54, 1.807) is 0 Å². The van der Waals surface area contributed by atoms with Crippen LogP contribution in [0.3, 0.4) is 0 Å². The van der Waals surface area contributed by atoms with E-state index in [4.69, 9.17) is 9.47 Å². The smallest absolute Gasteiger partial charge is 0.348 e. The molecule has 206 valence electrons. The molecule has 2 unspecified atom stereocenters. The van der Waals surface area contributed by atoms with Gasteiger partial charge in [0.1, 0.15) is 16.6 Å². The maximum absolute atomic E-state index is 14.0. The van der Waals surface area contributed by atoms with Crippen LogP contribution in [0.15, 0.2) is 34.7 Å². The van der Waals surface area contributed by atoms with Crippen LogP contribution in [0.2, 0.25) is 0 Å². The summed E-state index contributed by atoms with van der Waals surface area (Å²) in [6.45, 7) is 6.78. The minimum Gasteiger partial charge on any atom is -0.622 e. The van der Waals surface area contributed by atoms with Crippen LogP contribution in [0.1, 0.15) is 64.9 Å². The molecule has 3 rings (SSSR count). The van der Waals surface area contributed by atoms with Crippen molar-refractivity contribution in [3.05, 3.63) is 41.2 Å². The van der Waals surface area contributed by atoms with E-state index in [2.05, 4.69) is 18.8 Å². The number of hydrogen-bond donors (Lipinski definition) is 0. The van der Waals surface area contributed by atoms with Crippen LogP contribution in [0.5, 0.6) is 5.75 Å². The quantitative estimate of drug-likeness (QED) is 0.174. The van der Waals surface area contributed by atoms with Gasteiger partial charge >= 0.3 is 5.97 Å². The number of aryl methyl sites for hydroxylation is 1. The number of aromatic nitrogens is 1. The van der Waals surface area contributed by atoms with Crippen LogP contribution < -0.4 is 9.38 Å². The molecule has 2 atom stereocenters. The predicted molar refractivity (Wildman–Crippen MR) is 146 cm³/mol. The Balaban J connectivity index is 1.69. The molecule has 9 nitrogen and oxygen atoms in total. The molecule has 1 saturated heterocycles. The summed E-state index contributed by atoms with van der Waals surface area (Å²) < 4.78 is 35.5. The number of hydrogen-bond acceptors (Lipinski definition) is 9. The summed E-state index contributed by atoms with van der Waals surface area (Å²) in [5.41, 5.74) is 1.21. The van der Waals surface area contributed by atoms with Crippen molar-refractivity contribution in [2.45, 2.75) is 76.2 Å². The van der Waals surface area contributed by atoms with E-state index in [-0.39, 0.29) is 34.9 Å². The zero-order chi connectivity index (χ0) is 26.9. The van der Waals surface area contributed by atoms with Crippen LogP contribution in [0.25, 0.3) is 0 Å². The molecule has 1 aliphatic heterocycles. The standard InChI is InChI=1S/C26H39N3O6S2/c1-4-7-10-21-11-13-22(14-12-21)34-19-24(30)35-23-18-28(15-8-5-2)20-29(23,31)26-27-17-25(36-26)37(32,33)16-9-6-3/h11-14,17,23H,4-10,15-16,18-20H2,1-3H3. The highest BCUT2D eigenvalue weighted by Crippen LogP contribution is 2.37. The highest BCUT2D eigenvalue weighted by atomic mass is 32.2. The molecule has 0 amide bonds. The van der Waals surface area contributed by atoms with Gasteiger partial charge in [0, 0.05) is 6.54 Å². The second-order valence-electron chi connectivity index (χ2n) is 9.48. The number of unbranched alkanes of at least 4 members (excludes halogenated alkanes) is 3. The Morgan fingerprint density at radius 3 is 2.51 bits per heavy atom. The van der Waals surface area contributed by atoms with Gasteiger partial charge < -0.3 is 14.7 Å². The molecule has 0 bridgehead atoms. The number of rotatable bonds is 15. The van der Waals surface area contributed by atoms with Crippen LogP contribution in [-0.4, -0.2) is 62.6 Å². The number of nitrogens with zero attached hydrogens (tertiary/aromatic N) is 3. The van der Waals surface area contributed by atoms with Gasteiger partial charge in [-0.15, -0.1) is 0 Å². The third kappa shape index (κ3) is 7.97. The number of carbonyl (C=O) groups is 1. The van der Waals surface area contributed by atoms with Gasteiger partial charge in [-0.2, -0.15) is 4.98 Å². The summed E-state index contributed by atoms with van der Waals surface area (Å²) >= 11 is 0.872. The van der Waals surface area contributed by atoms with E-state index >= 15 is 0 Å². The normalized spacial score (nSPS) is 20.3. The average Bonchev–Trinajstić information content (AvgIpc) is 3.51. The summed E-state index contributed by atoms with van der Waals surface area (Å²) in [5.74, 6) is -0.0805. The highest BCUT2D eigenvalue weighted by Gasteiger charge is 2.46. The number of thiazole rings is 1. The Kier molecular flexibility index (Phi) is 10.9. The van der Waals surface area contributed by atoms with Gasteiger partial charge in [-0.1, -0.05) is 52.2 Å². The first-order valence-electron chi connectivity index (χ1n) is 13.1. The SMILES string of the molecule is CCCCc1ccc(OCC(=O)OC2CN(CCCC)C[N+]2([O-])c2ncc(S(=O)(=O)CCCC)s2)cc1. The van der Waals surface area contributed by atoms with Crippen molar-refractivity contribution < 1.29 is 22.7 Å². The van der Waals surface area contributed by atoms with Crippen molar-refractivity contribution in [3.8, 4) is 5.75 Å².